The van der Waals surface area contributed by atoms with Gasteiger partial charge in [-0.05, 0) is 18.9 Å². The fraction of sp³-hybridized carbons (Fsp3) is 0.357. The Morgan fingerprint density at radius 3 is 2.59 bits per heavy atom. The summed E-state index contributed by atoms with van der Waals surface area (Å²) >= 11 is 1.74. The Bertz CT molecular complexity index is 452. The van der Waals surface area contributed by atoms with E-state index in [2.05, 4.69) is 24.0 Å². The predicted molar refractivity (Wildman–Crippen MR) is 71.4 cm³/mol. The van der Waals surface area contributed by atoms with Crippen molar-refractivity contribution in [2.45, 2.75) is 26.4 Å². The molecule has 0 amide bonds. The fourth-order valence-corrected chi connectivity index (χ4v) is 2.65. The summed E-state index contributed by atoms with van der Waals surface area (Å²) < 4.78 is 5.82. The number of aromatic nitrogens is 1. The standard InChI is InChI=1S/C14H17NOS/c1-3-12-10-15-14(17-12)13(16-4-2)11-8-6-5-7-9-11/h5-10,13H,3-4H2,1-2H3. The largest absolute Gasteiger partial charge is 0.367 e. The van der Waals surface area contributed by atoms with Gasteiger partial charge < -0.3 is 4.74 Å². The van der Waals surface area contributed by atoms with E-state index in [-0.39, 0.29) is 6.10 Å². The summed E-state index contributed by atoms with van der Waals surface area (Å²) in [4.78, 5) is 5.78. The van der Waals surface area contributed by atoms with Crippen molar-refractivity contribution in [1.82, 2.24) is 4.98 Å². The fourth-order valence-electron chi connectivity index (χ4n) is 1.71. The van der Waals surface area contributed by atoms with Crippen LogP contribution in [0.3, 0.4) is 0 Å². The first-order valence-corrected chi connectivity index (χ1v) is 6.78. The van der Waals surface area contributed by atoms with Gasteiger partial charge in [-0.25, -0.2) is 4.98 Å². The molecule has 0 saturated heterocycles. The zero-order valence-corrected chi connectivity index (χ0v) is 11.0. The van der Waals surface area contributed by atoms with Crippen LogP contribution in [0, 0.1) is 0 Å². The highest BCUT2D eigenvalue weighted by Crippen LogP contribution is 2.29. The van der Waals surface area contributed by atoms with Crippen LogP contribution in [0.2, 0.25) is 0 Å². The molecule has 0 radical (unpaired) electrons. The highest BCUT2D eigenvalue weighted by atomic mass is 32.1. The van der Waals surface area contributed by atoms with Crippen LogP contribution in [-0.4, -0.2) is 11.6 Å². The molecule has 90 valence electrons. The predicted octanol–water partition coefficient (Wildman–Crippen LogP) is 3.83. The first-order chi connectivity index (χ1) is 8.35. The molecule has 0 fully saturated rings. The lowest BCUT2D eigenvalue weighted by Gasteiger charge is -2.14. The summed E-state index contributed by atoms with van der Waals surface area (Å²) in [6, 6.07) is 10.3. The van der Waals surface area contributed by atoms with E-state index in [0.717, 1.165) is 11.4 Å². The molecule has 0 N–H and O–H groups in total. The minimum absolute atomic E-state index is 0.0218. The van der Waals surface area contributed by atoms with Gasteiger partial charge in [-0.3, -0.25) is 0 Å². The van der Waals surface area contributed by atoms with Gasteiger partial charge in [0.15, 0.2) is 0 Å². The van der Waals surface area contributed by atoms with Gasteiger partial charge >= 0.3 is 0 Å². The lowest BCUT2D eigenvalue weighted by Crippen LogP contribution is -2.05. The zero-order chi connectivity index (χ0) is 12.1. The van der Waals surface area contributed by atoms with Crippen LogP contribution < -0.4 is 0 Å². The Balaban J connectivity index is 2.28. The zero-order valence-electron chi connectivity index (χ0n) is 10.2. The number of hydrogen-bond acceptors (Lipinski definition) is 3. The lowest BCUT2D eigenvalue weighted by molar-refractivity contribution is 0.0911. The average molecular weight is 247 g/mol. The molecular formula is C14H17NOS. The third kappa shape index (κ3) is 2.93. The molecule has 1 unspecified atom stereocenters. The van der Waals surface area contributed by atoms with Gasteiger partial charge in [-0.1, -0.05) is 37.3 Å². The molecule has 0 spiro atoms. The summed E-state index contributed by atoms with van der Waals surface area (Å²) in [6.07, 6.45) is 2.96. The Morgan fingerprint density at radius 1 is 1.24 bits per heavy atom. The van der Waals surface area contributed by atoms with Gasteiger partial charge in [-0.15, -0.1) is 11.3 Å². The topological polar surface area (TPSA) is 22.1 Å². The van der Waals surface area contributed by atoms with Gasteiger partial charge in [-0.2, -0.15) is 0 Å². The third-order valence-electron chi connectivity index (χ3n) is 2.58. The highest BCUT2D eigenvalue weighted by molar-refractivity contribution is 7.11. The highest BCUT2D eigenvalue weighted by Gasteiger charge is 2.17. The van der Waals surface area contributed by atoms with E-state index in [4.69, 9.17) is 4.74 Å². The van der Waals surface area contributed by atoms with Crippen molar-refractivity contribution in [2.24, 2.45) is 0 Å². The van der Waals surface area contributed by atoms with Crippen LogP contribution in [0.4, 0.5) is 0 Å². The maximum atomic E-state index is 5.82. The van der Waals surface area contributed by atoms with Crippen LogP contribution >= 0.6 is 11.3 Å². The summed E-state index contributed by atoms with van der Waals surface area (Å²) in [5.41, 5.74) is 1.17. The smallest absolute Gasteiger partial charge is 0.134 e. The number of hydrogen-bond donors (Lipinski definition) is 0. The van der Waals surface area contributed by atoms with Crippen molar-refractivity contribution in [1.29, 1.82) is 0 Å². The summed E-state index contributed by atoms with van der Waals surface area (Å²) in [5, 5.41) is 1.05. The molecule has 2 nitrogen and oxygen atoms in total. The van der Waals surface area contributed by atoms with Crippen molar-refractivity contribution >= 4 is 11.3 Å². The molecule has 0 bridgehead atoms. The van der Waals surface area contributed by atoms with E-state index in [1.807, 2.05) is 31.3 Å². The average Bonchev–Trinajstić information content (AvgIpc) is 2.85. The molecule has 0 saturated carbocycles. The van der Waals surface area contributed by atoms with E-state index in [0.29, 0.717) is 6.61 Å². The summed E-state index contributed by atoms with van der Waals surface area (Å²) in [5.74, 6) is 0. The number of aryl methyl sites for hydroxylation is 1. The molecule has 17 heavy (non-hydrogen) atoms. The van der Waals surface area contributed by atoms with Crippen LogP contribution in [0.25, 0.3) is 0 Å². The number of benzene rings is 1. The molecule has 2 aromatic rings. The Kier molecular flexibility index (Phi) is 4.29. The SMILES string of the molecule is CCOC(c1ccccc1)c1ncc(CC)s1. The quantitative estimate of drug-likeness (QED) is 0.801. The lowest BCUT2D eigenvalue weighted by atomic mass is 10.1. The van der Waals surface area contributed by atoms with Gasteiger partial charge in [0.1, 0.15) is 11.1 Å². The first-order valence-electron chi connectivity index (χ1n) is 5.96. The summed E-state index contributed by atoms with van der Waals surface area (Å²) in [6.45, 7) is 4.86. The van der Waals surface area contributed by atoms with Gasteiger partial charge in [0.2, 0.25) is 0 Å². The third-order valence-corrected chi connectivity index (χ3v) is 3.76. The molecule has 0 aliphatic rings. The maximum Gasteiger partial charge on any atom is 0.134 e. The van der Waals surface area contributed by atoms with E-state index < -0.39 is 0 Å². The van der Waals surface area contributed by atoms with Gasteiger partial charge in [0, 0.05) is 17.7 Å². The van der Waals surface area contributed by atoms with Crippen LogP contribution in [0.5, 0.6) is 0 Å². The van der Waals surface area contributed by atoms with Crippen LogP contribution in [-0.2, 0) is 11.2 Å². The van der Waals surface area contributed by atoms with Crippen molar-refractivity contribution < 1.29 is 4.74 Å². The number of thiazole rings is 1. The van der Waals surface area contributed by atoms with E-state index >= 15 is 0 Å². The van der Waals surface area contributed by atoms with Crippen molar-refractivity contribution in [2.75, 3.05) is 6.61 Å². The van der Waals surface area contributed by atoms with Crippen LogP contribution in [0.15, 0.2) is 36.5 Å². The minimum Gasteiger partial charge on any atom is -0.367 e. The molecule has 1 atom stereocenters. The normalized spacial score (nSPS) is 12.6. The number of nitrogens with zero attached hydrogens (tertiary/aromatic N) is 1. The van der Waals surface area contributed by atoms with Crippen molar-refractivity contribution in [3.63, 3.8) is 0 Å². The summed E-state index contributed by atoms with van der Waals surface area (Å²) in [7, 11) is 0. The molecule has 0 aliphatic heterocycles. The Hall–Kier alpha value is -1.19. The van der Waals surface area contributed by atoms with Crippen molar-refractivity contribution in [3.8, 4) is 0 Å². The number of ether oxygens (including phenoxy) is 1. The molecule has 0 aliphatic carbocycles. The van der Waals surface area contributed by atoms with E-state index in [1.165, 1.54) is 10.4 Å². The Morgan fingerprint density at radius 2 is 2.00 bits per heavy atom. The maximum absolute atomic E-state index is 5.82. The van der Waals surface area contributed by atoms with Gasteiger partial charge in [0.05, 0.1) is 0 Å². The van der Waals surface area contributed by atoms with Crippen LogP contribution in [0.1, 0.15) is 35.4 Å². The number of rotatable bonds is 5. The molecule has 1 aromatic heterocycles. The molecular weight excluding hydrogens is 230 g/mol. The monoisotopic (exact) mass is 247 g/mol. The molecule has 1 heterocycles. The molecule has 3 heteroatoms. The minimum atomic E-state index is -0.0218. The second-order valence-electron chi connectivity index (χ2n) is 3.76. The Labute approximate surface area is 106 Å². The molecule has 2 rings (SSSR count). The molecule has 1 aromatic carbocycles. The van der Waals surface area contributed by atoms with Crippen molar-refractivity contribution in [3.05, 3.63) is 52.0 Å². The van der Waals surface area contributed by atoms with Gasteiger partial charge in [0.25, 0.3) is 0 Å². The second-order valence-corrected chi connectivity index (χ2v) is 4.91. The van der Waals surface area contributed by atoms with E-state index in [9.17, 15) is 0 Å². The second kappa shape index (κ2) is 5.94. The van der Waals surface area contributed by atoms with E-state index in [1.54, 1.807) is 11.3 Å². The first kappa shape index (κ1) is 12.3.